The van der Waals surface area contributed by atoms with Crippen molar-refractivity contribution in [2.75, 3.05) is 6.54 Å². The number of hydrogen-bond donors (Lipinski definition) is 2. The molecule has 2 aromatic carbocycles. The number of rotatable bonds is 7. The first-order chi connectivity index (χ1) is 16.0. The lowest BCUT2D eigenvalue weighted by atomic mass is 10.0. The number of aryl methyl sites for hydroxylation is 2. The van der Waals surface area contributed by atoms with Gasteiger partial charge in [-0.3, -0.25) is 9.78 Å². The Morgan fingerprint density at radius 1 is 0.970 bits per heavy atom. The highest BCUT2D eigenvalue weighted by Gasteiger charge is 2.19. The lowest BCUT2D eigenvalue weighted by Gasteiger charge is -2.20. The minimum atomic E-state index is -0.229. The van der Waals surface area contributed by atoms with E-state index in [0.717, 1.165) is 22.2 Å². The molecule has 0 fully saturated rings. The predicted molar refractivity (Wildman–Crippen MR) is 128 cm³/mol. The number of carbonyl (C=O) groups excluding carboxylic acids is 2. The summed E-state index contributed by atoms with van der Waals surface area (Å²) in [5, 5.41) is 6.05. The highest BCUT2D eigenvalue weighted by Crippen LogP contribution is 2.19. The van der Waals surface area contributed by atoms with Gasteiger partial charge in [0.1, 0.15) is 11.5 Å². The number of amides is 2. The normalized spacial score (nSPS) is 11.8. The molecule has 4 rings (SSSR count). The van der Waals surface area contributed by atoms with Gasteiger partial charge in [0, 0.05) is 18.8 Å². The van der Waals surface area contributed by atoms with Crippen LogP contribution < -0.4 is 10.6 Å². The van der Waals surface area contributed by atoms with Crippen molar-refractivity contribution in [3.63, 3.8) is 0 Å². The highest BCUT2D eigenvalue weighted by molar-refractivity contribution is 5.92. The van der Waals surface area contributed by atoms with Crippen LogP contribution in [0.15, 0.2) is 72.9 Å². The average Bonchev–Trinajstić information content (AvgIpc) is 3.17. The van der Waals surface area contributed by atoms with Crippen LogP contribution in [0, 0.1) is 13.8 Å². The maximum atomic E-state index is 13.3. The van der Waals surface area contributed by atoms with Crippen molar-refractivity contribution in [3.8, 4) is 0 Å². The van der Waals surface area contributed by atoms with E-state index < -0.39 is 0 Å². The van der Waals surface area contributed by atoms with Crippen molar-refractivity contribution < 1.29 is 9.59 Å². The van der Waals surface area contributed by atoms with E-state index in [4.69, 9.17) is 0 Å². The van der Waals surface area contributed by atoms with Gasteiger partial charge < -0.3 is 10.6 Å². The fraction of sp³-hybridized carbons (Fsp3) is 0.231. The summed E-state index contributed by atoms with van der Waals surface area (Å²) >= 11 is 0. The third kappa shape index (κ3) is 5.26. The van der Waals surface area contributed by atoms with Crippen LogP contribution in [0.1, 0.15) is 33.9 Å². The summed E-state index contributed by atoms with van der Waals surface area (Å²) in [6.45, 7) is 4.23. The van der Waals surface area contributed by atoms with Gasteiger partial charge in [-0.05, 0) is 56.0 Å². The molecule has 2 heterocycles. The molecule has 7 nitrogen and oxygen atoms in total. The van der Waals surface area contributed by atoms with Crippen molar-refractivity contribution in [1.29, 1.82) is 0 Å². The Morgan fingerprint density at radius 3 is 2.52 bits per heavy atom. The van der Waals surface area contributed by atoms with E-state index in [1.807, 2.05) is 62.4 Å². The molecule has 0 aliphatic heterocycles. The Morgan fingerprint density at radius 2 is 1.76 bits per heavy atom. The maximum absolute atomic E-state index is 13.3. The van der Waals surface area contributed by atoms with E-state index in [0.29, 0.717) is 30.9 Å². The summed E-state index contributed by atoms with van der Waals surface area (Å²) in [7, 11) is 0. The lowest BCUT2D eigenvalue weighted by molar-refractivity contribution is 0.0947. The van der Waals surface area contributed by atoms with Gasteiger partial charge in [0.2, 0.25) is 0 Å². The number of nitrogens with zero attached hydrogens (tertiary/aromatic N) is 3. The molecule has 0 aliphatic rings. The number of carbonyl (C=O) groups is 2. The molecule has 0 saturated carbocycles. The largest absolute Gasteiger partial charge is 0.351 e. The van der Waals surface area contributed by atoms with Crippen LogP contribution in [-0.2, 0) is 6.42 Å². The number of nitrogens with one attached hydrogen (secondary N) is 2. The molecule has 33 heavy (non-hydrogen) atoms. The molecular formula is C26H27N5O2. The van der Waals surface area contributed by atoms with E-state index in [1.54, 1.807) is 29.0 Å². The molecule has 0 saturated heterocycles. The summed E-state index contributed by atoms with van der Waals surface area (Å²) in [6.07, 6.45) is 2.81. The van der Waals surface area contributed by atoms with Crippen LogP contribution >= 0.6 is 0 Å². The van der Waals surface area contributed by atoms with E-state index in [-0.39, 0.29) is 18.0 Å². The molecule has 168 valence electrons. The average molecular weight is 442 g/mol. The van der Waals surface area contributed by atoms with Gasteiger partial charge >= 0.3 is 6.03 Å². The van der Waals surface area contributed by atoms with Gasteiger partial charge in [-0.25, -0.2) is 14.3 Å². The Kier molecular flexibility index (Phi) is 6.78. The van der Waals surface area contributed by atoms with Gasteiger partial charge in [0.05, 0.1) is 11.0 Å². The summed E-state index contributed by atoms with van der Waals surface area (Å²) in [6, 6.07) is 20.6. The first-order valence-electron chi connectivity index (χ1n) is 11.0. The molecule has 0 bridgehead atoms. The van der Waals surface area contributed by atoms with E-state index in [2.05, 4.69) is 20.6 Å². The predicted octanol–water partition coefficient (Wildman–Crippen LogP) is 4.04. The minimum absolute atomic E-state index is 0.175. The van der Waals surface area contributed by atoms with Gasteiger partial charge in [0.25, 0.3) is 5.91 Å². The second kappa shape index (κ2) is 10.1. The van der Waals surface area contributed by atoms with Crippen LogP contribution in [0.25, 0.3) is 11.0 Å². The van der Waals surface area contributed by atoms with Gasteiger partial charge in [-0.15, -0.1) is 0 Å². The summed E-state index contributed by atoms with van der Waals surface area (Å²) in [5.74, 6) is 0.408. The number of aromatic nitrogens is 3. The fourth-order valence-electron chi connectivity index (χ4n) is 3.92. The second-order valence-corrected chi connectivity index (χ2v) is 8.03. The topological polar surface area (TPSA) is 88.9 Å². The van der Waals surface area contributed by atoms with Gasteiger partial charge in [-0.1, -0.05) is 48.5 Å². The Bertz CT molecular complexity index is 1250. The molecule has 1 atom stereocenters. The summed E-state index contributed by atoms with van der Waals surface area (Å²) in [5.41, 5.74) is 4.12. The number of para-hydroxylation sites is 1. The van der Waals surface area contributed by atoms with Crippen molar-refractivity contribution in [1.82, 2.24) is 25.2 Å². The van der Waals surface area contributed by atoms with Gasteiger partial charge in [-0.2, -0.15) is 0 Å². The summed E-state index contributed by atoms with van der Waals surface area (Å²) < 4.78 is 1.62. The van der Waals surface area contributed by atoms with E-state index >= 15 is 0 Å². The van der Waals surface area contributed by atoms with E-state index in [9.17, 15) is 9.59 Å². The first kappa shape index (κ1) is 22.2. The Hall–Kier alpha value is -4.00. The maximum Gasteiger partial charge on any atom is 0.327 e. The van der Waals surface area contributed by atoms with E-state index in [1.165, 1.54) is 0 Å². The second-order valence-electron chi connectivity index (χ2n) is 8.03. The molecular weight excluding hydrogens is 414 g/mol. The smallest absolute Gasteiger partial charge is 0.327 e. The zero-order valence-electron chi connectivity index (χ0n) is 18.8. The van der Waals surface area contributed by atoms with Crippen LogP contribution in [0.5, 0.6) is 0 Å². The number of benzene rings is 2. The molecule has 1 unspecified atom stereocenters. The number of fused-ring (bicyclic) bond motifs is 1. The zero-order valence-corrected chi connectivity index (χ0v) is 18.8. The molecule has 7 heteroatoms. The standard InChI is InChI=1S/C26H27N5O2/c1-18-9-8-13-23-24(18)29-19(2)31(23)26(33)30-21(17-20-10-4-3-5-11-20)14-16-28-25(32)22-12-6-7-15-27-22/h3-13,15,21H,14,16-17H2,1-2H3,(H,28,32)(H,30,33). The molecule has 0 radical (unpaired) electrons. The molecule has 2 amide bonds. The quantitative estimate of drug-likeness (QED) is 0.453. The Labute approximate surface area is 192 Å². The Balaban J connectivity index is 1.49. The van der Waals surface area contributed by atoms with Gasteiger partial charge in [0.15, 0.2) is 0 Å². The fourth-order valence-corrected chi connectivity index (χ4v) is 3.92. The number of imidazole rings is 1. The molecule has 4 aromatic rings. The third-order valence-electron chi connectivity index (χ3n) is 5.59. The monoisotopic (exact) mass is 441 g/mol. The van der Waals surface area contributed by atoms with Crippen LogP contribution in [-0.4, -0.2) is 39.1 Å². The van der Waals surface area contributed by atoms with Crippen molar-refractivity contribution in [2.45, 2.75) is 32.7 Å². The lowest BCUT2D eigenvalue weighted by Crippen LogP contribution is -2.41. The molecule has 0 spiro atoms. The van der Waals surface area contributed by atoms with Crippen LogP contribution in [0.3, 0.4) is 0 Å². The third-order valence-corrected chi connectivity index (χ3v) is 5.59. The summed E-state index contributed by atoms with van der Waals surface area (Å²) in [4.78, 5) is 34.3. The zero-order chi connectivity index (χ0) is 23.2. The van der Waals surface area contributed by atoms with Crippen LogP contribution in [0.4, 0.5) is 4.79 Å². The van der Waals surface area contributed by atoms with Crippen molar-refractivity contribution in [3.05, 3.63) is 95.6 Å². The minimum Gasteiger partial charge on any atom is -0.351 e. The molecule has 2 aromatic heterocycles. The van der Waals surface area contributed by atoms with Crippen LogP contribution in [0.2, 0.25) is 0 Å². The SMILES string of the molecule is Cc1cccc2c1nc(C)n2C(=O)NC(CCNC(=O)c1ccccn1)Cc1ccccc1. The highest BCUT2D eigenvalue weighted by atomic mass is 16.2. The van der Waals surface area contributed by atoms with Crippen molar-refractivity contribution >= 4 is 23.0 Å². The number of hydrogen-bond acceptors (Lipinski definition) is 4. The molecule has 0 aliphatic carbocycles. The van der Waals surface area contributed by atoms with Crippen molar-refractivity contribution in [2.24, 2.45) is 0 Å². The first-order valence-corrected chi connectivity index (χ1v) is 11.0. The number of pyridine rings is 1. The molecule has 2 N–H and O–H groups in total.